The third-order valence-electron chi connectivity index (χ3n) is 3.40. The molecule has 0 fully saturated rings. The van der Waals surface area contributed by atoms with E-state index in [1.54, 1.807) is 0 Å². The van der Waals surface area contributed by atoms with E-state index in [-0.39, 0.29) is 0 Å². The molecule has 0 nitrogen and oxygen atoms in total. The first-order valence-electron chi connectivity index (χ1n) is 7.48. The van der Waals surface area contributed by atoms with Crippen LogP contribution in [0.5, 0.6) is 0 Å². The van der Waals surface area contributed by atoms with E-state index in [2.05, 4.69) is 54.0 Å². The molecule has 1 unspecified atom stereocenters. The molecule has 0 aliphatic rings. The Hall–Kier alpha value is -0.300. The highest BCUT2D eigenvalue weighted by Gasteiger charge is 2.04. The molecule has 18 heavy (non-hydrogen) atoms. The summed E-state index contributed by atoms with van der Waals surface area (Å²) in [6.45, 7) is 4.51. The van der Waals surface area contributed by atoms with Gasteiger partial charge in [-0.25, -0.2) is 0 Å². The number of alkyl halides is 1. The fraction of sp³-hybridized carbons (Fsp3) is 0.647. The van der Waals surface area contributed by atoms with Crippen LogP contribution in [0, 0.1) is 0 Å². The van der Waals surface area contributed by atoms with Gasteiger partial charge in [0, 0.05) is 4.83 Å². The Morgan fingerprint density at radius 3 is 2.17 bits per heavy atom. The first kappa shape index (κ1) is 15.8. The molecule has 102 valence electrons. The molecule has 0 spiro atoms. The first-order chi connectivity index (χ1) is 8.76. The molecule has 0 aliphatic heterocycles. The fourth-order valence-corrected chi connectivity index (χ4v) is 3.10. The van der Waals surface area contributed by atoms with Gasteiger partial charge in [-0.15, -0.1) is 0 Å². The minimum Gasteiger partial charge on any atom is -0.0887 e. The van der Waals surface area contributed by atoms with Gasteiger partial charge in [0.15, 0.2) is 0 Å². The summed E-state index contributed by atoms with van der Waals surface area (Å²) in [5.74, 6) is 0. The Kier molecular flexibility index (Phi) is 8.41. The van der Waals surface area contributed by atoms with Crippen LogP contribution < -0.4 is 0 Å². The number of hydrogen-bond acceptors (Lipinski definition) is 0. The van der Waals surface area contributed by atoms with E-state index in [1.165, 1.54) is 56.1 Å². The highest BCUT2D eigenvalue weighted by Crippen LogP contribution is 2.16. The first-order valence-corrected chi connectivity index (χ1v) is 8.39. The van der Waals surface area contributed by atoms with Gasteiger partial charge in [-0.1, -0.05) is 79.7 Å². The lowest BCUT2D eigenvalue weighted by atomic mass is 10.0. The maximum Gasteiger partial charge on any atom is 0.0186 e. The van der Waals surface area contributed by atoms with E-state index in [0.29, 0.717) is 4.83 Å². The van der Waals surface area contributed by atoms with Crippen molar-refractivity contribution in [3.8, 4) is 0 Å². The van der Waals surface area contributed by atoms with Crippen molar-refractivity contribution in [2.24, 2.45) is 0 Å². The standard InChI is InChI=1S/C17H27Br/c1-3-5-6-7-9-15-10-12-16(13-11-15)14-17(18)8-4-2/h10-13,17H,3-9,14H2,1-2H3. The monoisotopic (exact) mass is 310 g/mol. The van der Waals surface area contributed by atoms with Crippen LogP contribution in [0.15, 0.2) is 24.3 Å². The summed E-state index contributed by atoms with van der Waals surface area (Å²) in [5, 5.41) is 0. The summed E-state index contributed by atoms with van der Waals surface area (Å²) in [7, 11) is 0. The van der Waals surface area contributed by atoms with Crippen molar-refractivity contribution >= 4 is 15.9 Å². The SMILES string of the molecule is CCCCCCc1ccc(CC(Br)CCC)cc1. The maximum absolute atomic E-state index is 3.75. The van der Waals surface area contributed by atoms with E-state index < -0.39 is 0 Å². The van der Waals surface area contributed by atoms with E-state index in [9.17, 15) is 0 Å². The fourth-order valence-electron chi connectivity index (χ4n) is 2.27. The lowest BCUT2D eigenvalue weighted by molar-refractivity contribution is 0.666. The smallest absolute Gasteiger partial charge is 0.0186 e. The Labute approximate surface area is 121 Å². The van der Waals surface area contributed by atoms with Crippen molar-refractivity contribution in [1.82, 2.24) is 0 Å². The highest BCUT2D eigenvalue weighted by atomic mass is 79.9. The van der Waals surface area contributed by atoms with Gasteiger partial charge in [-0.3, -0.25) is 0 Å². The van der Waals surface area contributed by atoms with Crippen molar-refractivity contribution in [2.75, 3.05) is 0 Å². The summed E-state index contributed by atoms with van der Waals surface area (Å²) >= 11 is 3.75. The number of benzene rings is 1. The maximum atomic E-state index is 3.75. The van der Waals surface area contributed by atoms with Crippen LogP contribution in [0.1, 0.15) is 63.5 Å². The second kappa shape index (κ2) is 9.61. The Balaban J connectivity index is 2.33. The van der Waals surface area contributed by atoms with Gasteiger partial charge >= 0.3 is 0 Å². The van der Waals surface area contributed by atoms with Crippen molar-refractivity contribution in [3.63, 3.8) is 0 Å². The summed E-state index contributed by atoms with van der Waals surface area (Å²) in [6, 6.07) is 9.23. The van der Waals surface area contributed by atoms with Crippen LogP contribution in [0.4, 0.5) is 0 Å². The van der Waals surface area contributed by atoms with Crippen LogP contribution >= 0.6 is 15.9 Å². The topological polar surface area (TPSA) is 0 Å². The van der Waals surface area contributed by atoms with Crippen molar-refractivity contribution < 1.29 is 0 Å². The lowest BCUT2D eigenvalue weighted by Gasteiger charge is -2.09. The van der Waals surface area contributed by atoms with Crippen LogP contribution in [0.2, 0.25) is 0 Å². The Morgan fingerprint density at radius 2 is 1.56 bits per heavy atom. The van der Waals surface area contributed by atoms with E-state index in [1.807, 2.05) is 0 Å². The molecule has 1 aromatic rings. The predicted octanol–water partition coefficient (Wildman–Crippen LogP) is 5.92. The minimum absolute atomic E-state index is 0.637. The van der Waals surface area contributed by atoms with Crippen LogP contribution in [-0.2, 0) is 12.8 Å². The summed E-state index contributed by atoms with van der Waals surface area (Å²) in [6.07, 6.45) is 10.3. The molecule has 1 heteroatoms. The number of hydrogen-bond donors (Lipinski definition) is 0. The zero-order chi connectivity index (χ0) is 13.2. The van der Waals surface area contributed by atoms with E-state index >= 15 is 0 Å². The third-order valence-corrected chi connectivity index (χ3v) is 4.18. The van der Waals surface area contributed by atoms with Gasteiger partial charge in [-0.05, 0) is 36.8 Å². The molecule has 0 heterocycles. The van der Waals surface area contributed by atoms with Crippen molar-refractivity contribution in [2.45, 2.75) is 70.0 Å². The zero-order valence-electron chi connectivity index (χ0n) is 11.9. The average molecular weight is 311 g/mol. The Morgan fingerprint density at radius 1 is 0.889 bits per heavy atom. The summed E-state index contributed by atoms with van der Waals surface area (Å²) in [4.78, 5) is 0.637. The molecular formula is C17H27Br. The second-order valence-corrected chi connectivity index (χ2v) is 6.51. The molecule has 1 aromatic carbocycles. The van der Waals surface area contributed by atoms with Gasteiger partial charge in [0.1, 0.15) is 0 Å². The van der Waals surface area contributed by atoms with Gasteiger partial charge in [-0.2, -0.15) is 0 Å². The number of aryl methyl sites for hydroxylation is 1. The van der Waals surface area contributed by atoms with Crippen LogP contribution in [0.3, 0.4) is 0 Å². The molecule has 0 amide bonds. The molecule has 0 saturated carbocycles. The molecule has 0 aliphatic carbocycles. The number of unbranched alkanes of at least 4 members (excludes halogenated alkanes) is 3. The molecule has 1 rings (SSSR count). The minimum atomic E-state index is 0.637. The second-order valence-electron chi connectivity index (χ2n) is 5.22. The largest absolute Gasteiger partial charge is 0.0887 e. The average Bonchev–Trinajstić information content (AvgIpc) is 2.37. The Bertz CT molecular complexity index is 302. The quantitative estimate of drug-likeness (QED) is 0.392. The highest BCUT2D eigenvalue weighted by molar-refractivity contribution is 9.09. The lowest BCUT2D eigenvalue weighted by Crippen LogP contribution is -2.01. The van der Waals surface area contributed by atoms with Gasteiger partial charge in [0.05, 0.1) is 0 Å². The summed E-state index contributed by atoms with van der Waals surface area (Å²) < 4.78 is 0. The van der Waals surface area contributed by atoms with Crippen LogP contribution in [0.25, 0.3) is 0 Å². The van der Waals surface area contributed by atoms with Crippen molar-refractivity contribution in [1.29, 1.82) is 0 Å². The number of rotatable bonds is 9. The van der Waals surface area contributed by atoms with E-state index in [0.717, 1.165) is 6.42 Å². The molecule has 0 saturated heterocycles. The molecule has 0 N–H and O–H groups in total. The molecule has 0 bridgehead atoms. The molecular weight excluding hydrogens is 284 g/mol. The van der Waals surface area contributed by atoms with Crippen LogP contribution in [-0.4, -0.2) is 4.83 Å². The zero-order valence-corrected chi connectivity index (χ0v) is 13.5. The predicted molar refractivity (Wildman–Crippen MR) is 85.6 cm³/mol. The van der Waals surface area contributed by atoms with Gasteiger partial charge in [0.2, 0.25) is 0 Å². The van der Waals surface area contributed by atoms with Gasteiger partial charge < -0.3 is 0 Å². The summed E-state index contributed by atoms with van der Waals surface area (Å²) in [5.41, 5.74) is 2.96. The molecule has 0 radical (unpaired) electrons. The van der Waals surface area contributed by atoms with Gasteiger partial charge in [0.25, 0.3) is 0 Å². The number of halogens is 1. The third kappa shape index (κ3) is 6.58. The van der Waals surface area contributed by atoms with Crippen molar-refractivity contribution in [3.05, 3.63) is 35.4 Å². The normalized spacial score (nSPS) is 12.6. The van der Waals surface area contributed by atoms with E-state index in [4.69, 9.17) is 0 Å². The molecule has 0 aromatic heterocycles. The molecule has 1 atom stereocenters.